The molecule has 2 rings (SSSR count). The van der Waals surface area contributed by atoms with Crippen molar-refractivity contribution < 1.29 is 0 Å². The monoisotopic (exact) mass is 268 g/mol. The highest BCUT2D eigenvalue weighted by atomic mass is 35.5. The summed E-state index contributed by atoms with van der Waals surface area (Å²) >= 11 is 12.0. The predicted octanol–water partition coefficient (Wildman–Crippen LogP) is 3.86. The highest BCUT2D eigenvalue weighted by Crippen LogP contribution is 2.23. The topological polar surface area (TPSA) is 30.9 Å². The van der Waals surface area contributed by atoms with Gasteiger partial charge in [-0.1, -0.05) is 29.3 Å². The summed E-state index contributed by atoms with van der Waals surface area (Å²) in [6.07, 6.45) is 2.00. The lowest BCUT2D eigenvalue weighted by molar-refractivity contribution is 0.675. The first-order valence-corrected chi connectivity index (χ1v) is 6.18. The largest absolute Gasteiger partial charge is 0.346 e. The summed E-state index contributed by atoms with van der Waals surface area (Å²) in [4.78, 5) is 0. The van der Waals surface area contributed by atoms with E-state index in [1.165, 1.54) is 0 Å². The molecule has 17 heavy (non-hydrogen) atoms. The van der Waals surface area contributed by atoms with Crippen LogP contribution in [0.1, 0.15) is 24.2 Å². The lowest BCUT2D eigenvalue weighted by Crippen LogP contribution is -2.12. The average molecular weight is 269 g/mol. The smallest absolute Gasteiger partial charge is 0.0488 e. The van der Waals surface area contributed by atoms with Crippen molar-refractivity contribution in [3.05, 3.63) is 57.8 Å². The summed E-state index contributed by atoms with van der Waals surface area (Å²) in [7, 11) is 0. The van der Waals surface area contributed by atoms with E-state index in [2.05, 4.69) is 4.57 Å². The molecule has 0 aliphatic carbocycles. The van der Waals surface area contributed by atoms with Crippen molar-refractivity contribution in [2.75, 3.05) is 0 Å². The van der Waals surface area contributed by atoms with Gasteiger partial charge in [0, 0.05) is 34.5 Å². The van der Waals surface area contributed by atoms with Crippen LogP contribution in [0.3, 0.4) is 0 Å². The summed E-state index contributed by atoms with van der Waals surface area (Å²) in [5, 5.41) is 1.33. The van der Waals surface area contributed by atoms with Gasteiger partial charge < -0.3 is 10.3 Å². The fourth-order valence-electron chi connectivity index (χ4n) is 1.82. The van der Waals surface area contributed by atoms with Crippen LogP contribution in [-0.4, -0.2) is 4.57 Å². The lowest BCUT2D eigenvalue weighted by Gasteiger charge is -2.13. The minimum absolute atomic E-state index is 0.0103. The zero-order chi connectivity index (χ0) is 12.4. The Morgan fingerprint density at radius 2 is 2.06 bits per heavy atom. The minimum atomic E-state index is 0.0103. The van der Waals surface area contributed by atoms with Crippen LogP contribution >= 0.6 is 23.2 Å². The molecule has 0 amide bonds. The first-order valence-electron chi connectivity index (χ1n) is 5.42. The van der Waals surface area contributed by atoms with Crippen LogP contribution in [0.25, 0.3) is 0 Å². The molecular weight excluding hydrogens is 255 g/mol. The van der Waals surface area contributed by atoms with Crippen molar-refractivity contribution in [2.45, 2.75) is 19.5 Å². The van der Waals surface area contributed by atoms with E-state index in [4.69, 9.17) is 28.9 Å². The molecule has 0 fully saturated rings. The summed E-state index contributed by atoms with van der Waals surface area (Å²) in [6, 6.07) is 9.56. The van der Waals surface area contributed by atoms with Gasteiger partial charge in [0.25, 0.3) is 0 Å². The Balaban J connectivity index is 2.28. The van der Waals surface area contributed by atoms with E-state index in [-0.39, 0.29) is 6.04 Å². The molecule has 0 aliphatic rings. The summed E-state index contributed by atoms with van der Waals surface area (Å²) in [5.41, 5.74) is 8.03. The molecule has 0 bridgehead atoms. The molecule has 4 heteroatoms. The SMILES string of the molecule is CC(N)c1cccn1Cc1ccc(Cl)cc1Cl. The van der Waals surface area contributed by atoms with Crippen molar-refractivity contribution in [1.29, 1.82) is 0 Å². The van der Waals surface area contributed by atoms with Crippen molar-refractivity contribution in [1.82, 2.24) is 4.57 Å². The Bertz CT molecular complexity index is 518. The molecule has 1 heterocycles. The normalized spacial score (nSPS) is 12.7. The number of benzene rings is 1. The third-order valence-corrected chi connectivity index (χ3v) is 3.27. The second kappa shape index (κ2) is 5.13. The van der Waals surface area contributed by atoms with Crippen LogP contribution in [0.4, 0.5) is 0 Å². The second-order valence-corrected chi connectivity index (χ2v) is 4.93. The van der Waals surface area contributed by atoms with E-state index in [0.717, 1.165) is 11.3 Å². The highest BCUT2D eigenvalue weighted by Gasteiger charge is 2.08. The van der Waals surface area contributed by atoms with Crippen LogP contribution in [0.2, 0.25) is 10.0 Å². The van der Waals surface area contributed by atoms with Crippen molar-refractivity contribution in [2.24, 2.45) is 5.73 Å². The lowest BCUT2D eigenvalue weighted by atomic mass is 10.2. The molecule has 1 aromatic carbocycles. The fraction of sp³-hybridized carbons (Fsp3) is 0.231. The van der Waals surface area contributed by atoms with E-state index in [1.807, 2.05) is 37.4 Å². The van der Waals surface area contributed by atoms with Gasteiger partial charge in [-0.25, -0.2) is 0 Å². The van der Waals surface area contributed by atoms with Crippen molar-refractivity contribution in [3.63, 3.8) is 0 Å². The third kappa shape index (κ3) is 2.83. The van der Waals surface area contributed by atoms with Gasteiger partial charge in [0.2, 0.25) is 0 Å². The number of nitrogens with two attached hydrogens (primary N) is 1. The average Bonchev–Trinajstić information content (AvgIpc) is 2.70. The maximum atomic E-state index is 6.15. The standard InChI is InChI=1S/C13H14Cl2N2/c1-9(16)13-3-2-6-17(13)8-10-4-5-11(14)7-12(10)15/h2-7,9H,8,16H2,1H3. The van der Waals surface area contributed by atoms with Crippen molar-refractivity contribution >= 4 is 23.2 Å². The Kier molecular flexibility index (Phi) is 3.77. The number of hydrogen-bond donors (Lipinski definition) is 1. The molecule has 0 spiro atoms. The highest BCUT2D eigenvalue weighted by molar-refractivity contribution is 6.35. The van der Waals surface area contributed by atoms with Gasteiger partial charge >= 0.3 is 0 Å². The van der Waals surface area contributed by atoms with Gasteiger partial charge in [-0.05, 0) is 36.8 Å². The molecular formula is C13H14Cl2N2. The van der Waals surface area contributed by atoms with Crippen LogP contribution in [0, 0.1) is 0 Å². The Hall–Kier alpha value is -0.960. The first-order chi connectivity index (χ1) is 8.08. The first kappa shape index (κ1) is 12.5. The van der Waals surface area contributed by atoms with E-state index < -0.39 is 0 Å². The zero-order valence-corrected chi connectivity index (χ0v) is 11.0. The van der Waals surface area contributed by atoms with Gasteiger partial charge in [0.05, 0.1) is 0 Å². The summed E-state index contributed by atoms with van der Waals surface area (Å²) in [5.74, 6) is 0. The molecule has 0 saturated carbocycles. The number of nitrogens with zero attached hydrogens (tertiary/aromatic N) is 1. The van der Waals surface area contributed by atoms with Crippen LogP contribution in [0.5, 0.6) is 0 Å². The quantitative estimate of drug-likeness (QED) is 0.901. The molecule has 0 saturated heterocycles. The second-order valence-electron chi connectivity index (χ2n) is 4.09. The molecule has 2 nitrogen and oxygen atoms in total. The van der Waals surface area contributed by atoms with Gasteiger partial charge in [0.15, 0.2) is 0 Å². The van der Waals surface area contributed by atoms with E-state index in [1.54, 1.807) is 6.07 Å². The molecule has 1 atom stereocenters. The van der Waals surface area contributed by atoms with Crippen LogP contribution < -0.4 is 5.73 Å². The Labute approximate surface area is 111 Å². The van der Waals surface area contributed by atoms with E-state index in [0.29, 0.717) is 16.6 Å². The number of aromatic nitrogens is 1. The molecule has 1 unspecified atom stereocenters. The number of halogens is 2. The Morgan fingerprint density at radius 3 is 2.71 bits per heavy atom. The molecule has 0 aliphatic heterocycles. The molecule has 2 N–H and O–H groups in total. The van der Waals surface area contributed by atoms with Gasteiger partial charge in [-0.3, -0.25) is 0 Å². The van der Waals surface area contributed by atoms with Crippen LogP contribution in [0.15, 0.2) is 36.5 Å². The Morgan fingerprint density at radius 1 is 1.29 bits per heavy atom. The molecule has 0 radical (unpaired) electrons. The fourth-order valence-corrected chi connectivity index (χ4v) is 2.29. The van der Waals surface area contributed by atoms with Crippen molar-refractivity contribution in [3.8, 4) is 0 Å². The maximum absolute atomic E-state index is 6.15. The number of hydrogen-bond acceptors (Lipinski definition) is 1. The third-order valence-electron chi connectivity index (χ3n) is 2.69. The maximum Gasteiger partial charge on any atom is 0.0488 e. The molecule has 1 aromatic heterocycles. The summed E-state index contributed by atoms with van der Waals surface area (Å²) in [6.45, 7) is 2.68. The van der Waals surface area contributed by atoms with E-state index >= 15 is 0 Å². The van der Waals surface area contributed by atoms with Crippen LogP contribution in [-0.2, 0) is 6.54 Å². The van der Waals surface area contributed by atoms with Gasteiger partial charge in [-0.2, -0.15) is 0 Å². The van der Waals surface area contributed by atoms with E-state index in [9.17, 15) is 0 Å². The molecule has 90 valence electrons. The predicted molar refractivity (Wildman–Crippen MR) is 72.6 cm³/mol. The molecule has 2 aromatic rings. The number of rotatable bonds is 3. The summed E-state index contributed by atoms with van der Waals surface area (Å²) < 4.78 is 2.10. The van der Waals surface area contributed by atoms with Gasteiger partial charge in [-0.15, -0.1) is 0 Å². The van der Waals surface area contributed by atoms with Gasteiger partial charge in [0.1, 0.15) is 0 Å². The minimum Gasteiger partial charge on any atom is -0.346 e. The zero-order valence-electron chi connectivity index (χ0n) is 9.53.